The van der Waals surface area contributed by atoms with Crippen LogP contribution >= 0.6 is 0 Å². The summed E-state index contributed by atoms with van der Waals surface area (Å²) in [5.74, 6) is -1.29. The molecular weight excluding hydrogens is 529 g/mol. The molecule has 0 atom stereocenters. The minimum atomic E-state index is -1.06. The fraction of sp³-hybridized carbons (Fsp3) is 0.194. The lowest BCUT2D eigenvalue weighted by Gasteiger charge is -2.08. The molecule has 0 saturated heterocycles. The van der Waals surface area contributed by atoms with Crippen LogP contribution in [-0.2, 0) is 16.1 Å². The maximum absolute atomic E-state index is 15.0. The Morgan fingerprint density at radius 2 is 1.56 bits per heavy atom. The number of carbonyl (C=O) groups is 1. The highest BCUT2D eigenvalue weighted by atomic mass is 19.1. The standard InChI is InChI=1S/C31H28FN3O6/c1-19-2-11-24(16-25(19)30(37)38)41-31-33-27-17-26(32)28(34-29(27)35-31)23-9-7-22(8-10-23)21-5-3-20(4-6-21)18-40-15-14-39-13-12-36/h2-11,16-17,36H,12-15,18H2,1H3,(H,37,38)(H,33,34,35). The number of nitrogens with zero attached hydrogens (tertiary/aromatic N) is 2. The van der Waals surface area contributed by atoms with Gasteiger partial charge in [-0.1, -0.05) is 54.6 Å². The summed E-state index contributed by atoms with van der Waals surface area (Å²) in [5, 5.41) is 18.0. The molecule has 210 valence electrons. The van der Waals surface area contributed by atoms with Gasteiger partial charge in [-0.2, -0.15) is 4.98 Å². The van der Waals surface area contributed by atoms with Crippen molar-refractivity contribution in [1.29, 1.82) is 0 Å². The number of carboxylic acids is 1. The molecule has 3 N–H and O–H groups in total. The van der Waals surface area contributed by atoms with Gasteiger partial charge >= 0.3 is 12.0 Å². The first-order valence-corrected chi connectivity index (χ1v) is 13.0. The zero-order valence-electron chi connectivity index (χ0n) is 22.3. The lowest BCUT2D eigenvalue weighted by atomic mass is 10.0. The van der Waals surface area contributed by atoms with Crippen molar-refractivity contribution in [3.05, 3.63) is 95.3 Å². The fourth-order valence-electron chi connectivity index (χ4n) is 4.24. The molecule has 2 heterocycles. The van der Waals surface area contributed by atoms with Crippen molar-refractivity contribution in [3.8, 4) is 34.1 Å². The second-order valence-corrected chi connectivity index (χ2v) is 9.28. The van der Waals surface area contributed by atoms with Crippen LogP contribution in [-0.4, -0.2) is 57.6 Å². The van der Waals surface area contributed by atoms with E-state index in [0.29, 0.717) is 43.1 Å². The summed E-state index contributed by atoms with van der Waals surface area (Å²) < 4.78 is 31.5. The third kappa shape index (κ3) is 6.75. The monoisotopic (exact) mass is 557 g/mol. The first-order valence-electron chi connectivity index (χ1n) is 13.0. The van der Waals surface area contributed by atoms with Crippen LogP contribution in [0.1, 0.15) is 21.5 Å². The van der Waals surface area contributed by atoms with E-state index in [1.165, 1.54) is 12.1 Å². The third-order valence-corrected chi connectivity index (χ3v) is 6.38. The number of hydrogen-bond acceptors (Lipinski definition) is 7. The molecule has 0 saturated carbocycles. The maximum atomic E-state index is 15.0. The first-order chi connectivity index (χ1) is 19.9. The first kappa shape index (κ1) is 27.9. The molecule has 0 spiro atoms. The van der Waals surface area contributed by atoms with Crippen molar-refractivity contribution >= 4 is 17.1 Å². The van der Waals surface area contributed by atoms with Crippen molar-refractivity contribution in [2.24, 2.45) is 0 Å². The number of rotatable bonds is 12. The Morgan fingerprint density at radius 3 is 2.27 bits per heavy atom. The minimum Gasteiger partial charge on any atom is -0.478 e. The SMILES string of the molecule is Cc1ccc(Oc2nc3nc(-c4ccc(-c5ccc(COCCOCCO)cc5)cc4)c(F)cc3[nH]2)cc1C(=O)O. The number of hydrogen-bond donors (Lipinski definition) is 3. The van der Waals surface area contributed by atoms with Crippen molar-refractivity contribution in [1.82, 2.24) is 15.0 Å². The van der Waals surface area contributed by atoms with E-state index in [4.69, 9.17) is 19.3 Å². The van der Waals surface area contributed by atoms with E-state index >= 15 is 4.39 Å². The molecule has 0 unspecified atom stereocenters. The van der Waals surface area contributed by atoms with E-state index in [9.17, 15) is 9.90 Å². The van der Waals surface area contributed by atoms with E-state index in [2.05, 4.69) is 15.0 Å². The quantitative estimate of drug-likeness (QED) is 0.165. The topological polar surface area (TPSA) is 127 Å². The van der Waals surface area contributed by atoms with Crippen LogP contribution in [0.15, 0.2) is 72.8 Å². The summed E-state index contributed by atoms with van der Waals surface area (Å²) in [4.78, 5) is 23.0. The molecule has 5 rings (SSSR count). The highest BCUT2D eigenvalue weighted by Gasteiger charge is 2.15. The van der Waals surface area contributed by atoms with Crippen LogP contribution in [0, 0.1) is 12.7 Å². The summed E-state index contributed by atoms with van der Waals surface area (Å²) >= 11 is 0. The van der Waals surface area contributed by atoms with E-state index in [1.807, 2.05) is 36.4 Å². The number of aromatic amines is 1. The van der Waals surface area contributed by atoms with Gasteiger partial charge in [0.2, 0.25) is 0 Å². The van der Waals surface area contributed by atoms with E-state index in [-0.39, 0.29) is 35.3 Å². The van der Waals surface area contributed by atoms with Crippen LogP contribution in [0.2, 0.25) is 0 Å². The number of fused-ring (bicyclic) bond motifs is 1. The molecule has 0 amide bonds. The van der Waals surface area contributed by atoms with Gasteiger partial charge in [0.1, 0.15) is 11.4 Å². The number of imidazole rings is 1. The minimum absolute atomic E-state index is 0.00209. The number of aryl methyl sites for hydroxylation is 1. The average molecular weight is 558 g/mol. The number of aliphatic hydroxyl groups excluding tert-OH is 1. The third-order valence-electron chi connectivity index (χ3n) is 6.38. The van der Waals surface area contributed by atoms with Gasteiger partial charge in [0.15, 0.2) is 11.5 Å². The van der Waals surface area contributed by atoms with Gasteiger partial charge in [0.05, 0.1) is 44.1 Å². The molecule has 5 aromatic rings. The molecule has 3 aromatic carbocycles. The second kappa shape index (κ2) is 12.7. The summed E-state index contributed by atoms with van der Waals surface area (Å²) in [6, 6.07) is 21.5. The Balaban J connectivity index is 1.27. The normalized spacial score (nSPS) is 11.2. The maximum Gasteiger partial charge on any atom is 0.336 e. The van der Waals surface area contributed by atoms with Gasteiger partial charge in [0.25, 0.3) is 0 Å². The number of carboxylic acid groups (broad SMARTS) is 1. The molecule has 41 heavy (non-hydrogen) atoms. The molecule has 0 bridgehead atoms. The predicted molar refractivity (Wildman–Crippen MR) is 150 cm³/mol. The van der Waals surface area contributed by atoms with E-state index < -0.39 is 11.8 Å². The lowest BCUT2D eigenvalue weighted by Crippen LogP contribution is -2.07. The number of aliphatic hydroxyl groups is 1. The molecule has 0 aliphatic carbocycles. The highest BCUT2D eigenvalue weighted by Crippen LogP contribution is 2.29. The Morgan fingerprint density at radius 1 is 0.878 bits per heavy atom. The van der Waals surface area contributed by atoms with E-state index in [1.54, 1.807) is 31.2 Å². The van der Waals surface area contributed by atoms with Gasteiger partial charge in [0, 0.05) is 11.6 Å². The number of ether oxygens (including phenoxy) is 3. The number of aromatic nitrogens is 3. The van der Waals surface area contributed by atoms with Crippen LogP contribution in [0.5, 0.6) is 11.8 Å². The van der Waals surface area contributed by atoms with Crippen molar-refractivity contribution in [2.75, 3.05) is 26.4 Å². The molecule has 0 fully saturated rings. The summed E-state index contributed by atoms with van der Waals surface area (Å²) in [6.07, 6.45) is 0. The fourth-order valence-corrected chi connectivity index (χ4v) is 4.24. The number of H-pyrrole nitrogens is 1. The second-order valence-electron chi connectivity index (χ2n) is 9.28. The van der Waals surface area contributed by atoms with Gasteiger partial charge in [-0.3, -0.25) is 0 Å². The van der Waals surface area contributed by atoms with Crippen LogP contribution in [0.25, 0.3) is 33.5 Å². The summed E-state index contributed by atoms with van der Waals surface area (Å²) in [7, 11) is 0. The Hall–Kier alpha value is -4.64. The number of nitrogens with one attached hydrogen (secondary N) is 1. The van der Waals surface area contributed by atoms with Crippen LogP contribution in [0.3, 0.4) is 0 Å². The molecule has 10 heteroatoms. The van der Waals surface area contributed by atoms with E-state index in [0.717, 1.165) is 16.7 Å². The van der Waals surface area contributed by atoms with Crippen molar-refractivity contribution in [2.45, 2.75) is 13.5 Å². The molecule has 2 aromatic heterocycles. The molecule has 0 aliphatic heterocycles. The summed E-state index contributed by atoms with van der Waals surface area (Å²) in [6.45, 7) is 3.35. The molecule has 0 aliphatic rings. The Kier molecular flexibility index (Phi) is 8.64. The highest BCUT2D eigenvalue weighted by molar-refractivity contribution is 5.89. The largest absolute Gasteiger partial charge is 0.478 e. The number of halogens is 1. The van der Waals surface area contributed by atoms with Crippen LogP contribution in [0.4, 0.5) is 4.39 Å². The molecule has 9 nitrogen and oxygen atoms in total. The Labute approximate surface area is 235 Å². The summed E-state index contributed by atoms with van der Waals surface area (Å²) in [5.41, 5.74) is 5.09. The zero-order valence-corrected chi connectivity index (χ0v) is 22.3. The van der Waals surface area contributed by atoms with Crippen LogP contribution < -0.4 is 4.74 Å². The average Bonchev–Trinajstić information content (AvgIpc) is 3.36. The van der Waals surface area contributed by atoms with Gasteiger partial charge in [-0.05, 0) is 41.3 Å². The molecular formula is C31H28FN3O6. The number of benzene rings is 3. The number of pyridine rings is 1. The van der Waals surface area contributed by atoms with Crippen molar-refractivity contribution < 1.29 is 33.6 Å². The predicted octanol–water partition coefficient (Wildman–Crippen LogP) is 5.76. The smallest absolute Gasteiger partial charge is 0.336 e. The number of aromatic carboxylic acids is 1. The van der Waals surface area contributed by atoms with Gasteiger partial charge in [-0.15, -0.1) is 0 Å². The zero-order chi connectivity index (χ0) is 28.8. The molecule has 0 radical (unpaired) electrons. The van der Waals surface area contributed by atoms with Gasteiger partial charge < -0.3 is 29.4 Å². The van der Waals surface area contributed by atoms with Gasteiger partial charge in [-0.25, -0.2) is 14.2 Å². The Bertz CT molecular complexity index is 1650. The van der Waals surface area contributed by atoms with Crippen molar-refractivity contribution in [3.63, 3.8) is 0 Å². The lowest BCUT2D eigenvalue weighted by molar-refractivity contribution is 0.0274.